The summed E-state index contributed by atoms with van der Waals surface area (Å²) in [6, 6.07) is 2.59. The van der Waals surface area contributed by atoms with Crippen molar-refractivity contribution in [2.75, 3.05) is 13.1 Å². The van der Waals surface area contributed by atoms with Crippen molar-refractivity contribution in [3.63, 3.8) is 0 Å². The van der Waals surface area contributed by atoms with Gasteiger partial charge in [0.25, 0.3) is 0 Å². The van der Waals surface area contributed by atoms with Gasteiger partial charge >= 0.3 is 0 Å². The van der Waals surface area contributed by atoms with Gasteiger partial charge in [-0.3, -0.25) is 0 Å². The molecule has 102 valence electrons. The predicted molar refractivity (Wildman–Crippen MR) is 64.7 cm³/mol. The van der Waals surface area contributed by atoms with E-state index in [-0.39, 0.29) is 12.6 Å². The zero-order valence-electron chi connectivity index (χ0n) is 10.2. The van der Waals surface area contributed by atoms with E-state index in [0.29, 0.717) is 12.6 Å². The average molecular weight is 278 g/mol. The van der Waals surface area contributed by atoms with Gasteiger partial charge in [-0.1, -0.05) is 13.8 Å². The number of rotatable bonds is 6. The summed E-state index contributed by atoms with van der Waals surface area (Å²) in [6.45, 7) is 4.42. The summed E-state index contributed by atoms with van der Waals surface area (Å²) in [6.07, 6.45) is 0. The first-order valence-electron chi connectivity index (χ1n) is 5.51. The zero-order valence-corrected chi connectivity index (χ0v) is 11.0. The van der Waals surface area contributed by atoms with Gasteiger partial charge in [-0.2, -0.15) is 0 Å². The van der Waals surface area contributed by atoms with Crippen LogP contribution >= 0.6 is 0 Å². The molecule has 4 nitrogen and oxygen atoms in total. The van der Waals surface area contributed by atoms with Crippen molar-refractivity contribution in [1.29, 1.82) is 0 Å². The lowest BCUT2D eigenvalue weighted by atomic mass is 10.3. The summed E-state index contributed by atoms with van der Waals surface area (Å²) < 4.78 is 51.6. The summed E-state index contributed by atoms with van der Waals surface area (Å²) >= 11 is 0. The Labute approximate surface area is 105 Å². The highest BCUT2D eigenvalue weighted by atomic mass is 32.2. The normalized spacial score (nSPS) is 12.1. The molecule has 0 amide bonds. The summed E-state index contributed by atoms with van der Waals surface area (Å²) in [5, 5.41) is 3.01. The van der Waals surface area contributed by atoms with Crippen LogP contribution in [0.15, 0.2) is 23.1 Å². The first-order valence-corrected chi connectivity index (χ1v) is 6.99. The first kappa shape index (κ1) is 15.0. The summed E-state index contributed by atoms with van der Waals surface area (Å²) in [5.74, 6) is -1.91. The molecule has 18 heavy (non-hydrogen) atoms. The second-order valence-electron chi connectivity index (χ2n) is 4.08. The molecule has 0 radical (unpaired) electrons. The molecular weight excluding hydrogens is 262 g/mol. The highest BCUT2D eigenvalue weighted by Gasteiger charge is 2.18. The monoisotopic (exact) mass is 278 g/mol. The minimum Gasteiger partial charge on any atom is -0.313 e. The molecule has 0 unspecified atom stereocenters. The molecule has 0 atom stereocenters. The van der Waals surface area contributed by atoms with Crippen LogP contribution in [0, 0.1) is 11.6 Å². The first-order chi connectivity index (χ1) is 8.33. The Kier molecular flexibility index (Phi) is 5.18. The van der Waals surface area contributed by atoms with Gasteiger partial charge in [-0.05, 0) is 12.1 Å². The summed E-state index contributed by atoms with van der Waals surface area (Å²) in [5.41, 5.74) is 0. The van der Waals surface area contributed by atoms with Crippen LogP contribution in [0.2, 0.25) is 0 Å². The van der Waals surface area contributed by atoms with Gasteiger partial charge in [-0.25, -0.2) is 21.9 Å². The summed E-state index contributed by atoms with van der Waals surface area (Å²) in [7, 11) is -3.94. The van der Waals surface area contributed by atoms with Crippen molar-refractivity contribution in [2.45, 2.75) is 24.8 Å². The van der Waals surface area contributed by atoms with E-state index in [4.69, 9.17) is 0 Å². The lowest BCUT2D eigenvalue weighted by Gasteiger charge is -2.10. The Morgan fingerprint density at radius 3 is 2.44 bits per heavy atom. The van der Waals surface area contributed by atoms with Crippen molar-refractivity contribution in [3.05, 3.63) is 29.8 Å². The van der Waals surface area contributed by atoms with Gasteiger partial charge in [0.1, 0.15) is 16.5 Å². The van der Waals surface area contributed by atoms with Crippen LogP contribution in [-0.2, 0) is 10.0 Å². The van der Waals surface area contributed by atoms with E-state index in [0.717, 1.165) is 12.1 Å². The second-order valence-corrected chi connectivity index (χ2v) is 5.82. The molecule has 0 fully saturated rings. The second kappa shape index (κ2) is 6.21. The number of nitrogens with one attached hydrogen (secondary N) is 2. The van der Waals surface area contributed by atoms with Gasteiger partial charge in [0, 0.05) is 25.2 Å². The fourth-order valence-electron chi connectivity index (χ4n) is 1.32. The molecule has 0 aliphatic heterocycles. The molecular formula is C11H16F2N2O2S. The number of hydrogen-bond acceptors (Lipinski definition) is 3. The van der Waals surface area contributed by atoms with E-state index in [1.165, 1.54) is 0 Å². The van der Waals surface area contributed by atoms with Crippen LogP contribution in [0.25, 0.3) is 0 Å². The highest BCUT2D eigenvalue weighted by Crippen LogP contribution is 2.14. The molecule has 1 rings (SSSR count). The van der Waals surface area contributed by atoms with E-state index >= 15 is 0 Å². The molecule has 0 saturated carbocycles. The third-order valence-electron chi connectivity index (χ3n) is 2.15. The maximum absolute atomic E-state index is 13.3. The molecule has 0 spiro atoms. The highest BCUT2D eigenvalue weighted by molar-refractivity contribution is 7.89. The molecule has 0 aliphatic carbocycles. The molecule has 0 bridgehead atoms. The third kappa shape index (κ3) is 4.32. The van der Waals surface area contributed by atoms with Gasteiger partial charge in [0.15, 0.2) is 0 Å². The maximum Gasteiger partial charge on any atom is 0.243 e. The van der Waals surface area contributed by atoms with Crippen LogP contribution < -0.4 is 10.0 Å². The predicted octanol–water partition coefficient (Wildman–Crippen LogP) is 1.24. The molecule has 0 aromatic heterocycles. The molecule has 0 aliphatic rings. The Hall–Kier alpha value is -1.05. The van der Waals surface area contributed by atoms with E-state index < -0.39 is 26.6 Å². The third-order valence-corrected chi connectivity index (χ3v) is 3.65. The quantitative estimate of drug-likeness (QED) is 0.770. The van der Waals surface area contributed by atoms with Crippen molar-refractivity contribution in [1.82, 2.24) is 10.0 Å². The standard InChI is InChI=1S/C11H16F2N2O2S/c1-8(2)14-5-6-15-18(16,17)11-4-3-9(12)7-10(11)13/h3-4,7-8,14-15H,5-6H2,1-2H3. The minimum atomic E-state index is -3.94. The van der Waals surface area contributed by atoms with Crippen LogP contribution in [-0.4, -0.2) is 27.5 Å². The molecule has 0 heterocycles. The molecule has 2 N–H and O–H groups in total. The van der Waals surface area contributed by atoms with Crippen LogP contribution in [0.1, 0.15) is 13.8 Å². The van der Waals surface area contributed by atoms with Crippen LogP contribution in [0.3, 0.4) is 0 Å². The maximum atomic E-state index is 13.3. The number of halogens is 2. The zero-order chi connectivity index (χ0) is 13.8. The molecule has 7 heteroatoms. The summed E-state index contributed by atoms with van der Waals surface area (Å²) in [4.78, 5) is -0.548. The van der Waals surface area contributed by atoms with E-state index in [1.807, 2.05) is 13.8 Å². The van der Waals surface area contributed by atoms with E-state index in [1.54, 1.807) is 0 Å². The fourth-order valence-corrected chi connectivity index (χ4v) is 2.41. The van der Waals surface area contributed by atoms with Crippen molar-refractivity contribution >= 4 is 10.0 Å². The van der Waals surface area contributed by atoms with E-state index in [2.05, 4.69) is 10.0 Å². The number of benzene rings is 1. The van der Waals surface area contributed by atoms with E-state index in [9.17, 15) is 17.2 Å². The van der Waals surface area contributed by atoms with Crippen LogP contribution in [0.4, 0.5) is 8.78 Å². The van der Waals surface area contributed by atoms with Crippen molar-refractivity contribution in [3.8, 4) is 0 Å². The van der Waals surface area contributed by atoms with Crippen molar-refractivity contribution in [2.24, 2.45) is 0 Å². The average Bonchev–Trinajstić information content (AvgIpc) is 2.23. The largest absolute Gasteiger partial charge is 0.313 e. The Morgan fingerprint density at radius 2 is 1.89 bits per heavy atom. The number of hydrogen-bond donors (Lipinski definition) is 2. The molecule has 1 aromatic rings. The molecule has 0 saturated heterocycles. The SMILES string of the molecule is CC(C)NCCNS(=O)(=O)c1ccc(F)cc1F. The van der Waals surface area contributed by atoms with Gasteiger partial charge in [0.05, 0.1) is 0 Å². The number of sulfonamides is 1. The minimum absolute atomic E-state index is 0.136. The topological polar surface area (TPSA) is 58.2 Å². The Morgan fingerprint density at radius 1 is 1.22 bits per heavy atom. The smallest absolute Gasteiger partial charge is 0.243 e. The fraction of sp³-hybridized carbons (Fsp3) is 0.455. The Balaban J connectivity index is 2.69. The molecule has 1 aromatic carbocycles. The van der Waals surface area contributed by atoms with Gasteiger partial charge in [0.2, 0.25) is 10.0 Å². The lowest BCUT2D eigenvalue weighted by molar-refractivity contribution is 0.537. The van der Waals surface area contributed by atoms with Gasteiger partial charge in [-0.15, -0.1) is 0 Å². The van der Waals surface area contributed by atoms with Crippen molar-refractivity contribution < 1.29 is 17.2 Å². The Bertz CT molecular complexity index is 504. The van der Waals surface area contributed by atoms with Gasteiger partial charge < -0.3 is 5.32 Å². The lowest BCUT2D eigenvalue weighted by Crippen LogP contribution is -2.34. The van der Waals surface area contributed by atoms with Crippen LogP contribution in [0.5, 0.6) is 0 Å².